The van der Waals surface area contributed by atoms with E-state index in [9.17, 15) is 9.59 Å². The number of aryl methyl sites for hydroxylation is 2. The molecule has 2 aromatic carbocycles. The number of nitrogens with zero attached hydrogens (tertiary/aromatic N) is 2. The summed E-state index contributed by atoms with van der Waals surface area (Å²) < 4.78 is 7.21. The number of rotatable bonds is 5. The van der Waals surface area contributed by atoms with Crippen LogP contribution >= 0.6 is 11.6 Å². The minimum atomic E-state index is -0.889. The Labute approximate surface area is 185 Å². The van der Waals surface area contributed by atoms with Crippen LogP contribution in [0.15, 0.2) is 53.6 Å². The highest BCUT2D eigenvalue weighted by molar-refractivity contribution is 6.39. The fraction of sp³-hybridized carbons (Fsp3) is 0.174. The summed E-state index contributed by atoms with van der Waals surface area (Å²) in [6, 6.07) is 14.7. The number of ether oxygens (including phenoxy) is 1. The van der Waals surface area contributed by atoms with Crippen LogP contribution in [-0.2, 0) is 9.59 Å². The topological polar surface area (TPSA) is 84.7 Å². The summed E-state index contributed by atoms with van der Waals surface area (Å²) in [6.07, 6.45) is 1.49. The van der Waals surface area contributed by atoms with Crippen molar-refractivity contribution in [2.45, 2.75) is 20.8 Å². The number of amides is 2. The van der Waals surface area contributed by atoms with Gasteiger partial charge < -0.3 is 14.6 Å². The second kappa shape index (κ2) is 9.49. The van der Waals surface area contributed by atoms with Crippen molar-refractivity contribution in [3.05, 3.63) is 76.1 Å². The maximum Gasteiger partial charge on any atom is 0.329 e. The third kappa shape index (κ3) is 4.95. The number of halogens is 1. The summed E-state index contributed by atoms with van der Waals surface area (Å²) in [5, 5.41) is 7.10. The normalized spacial score (nSPS) is 10.9. The van der Waals surface area contributed by atoms with E-state index in [1.165, 1.54) is 13.3 Å². The van der Waals surface area contributed by atoms with Gasteiger partial charge in [0.15, 0.2) is 0 Å². The van der Waals surface area contributed by atoms with Gasteiger partial charge >= 0.3 is 11.8 Å². The summed E-state index contributed by atoms with van der Waals surface area (Å²) in [6.45, 7) is 5.75. The molecular formula is C23H23ClN4O3. The van der Waals surface area contributed by atoms with Gasteiger partial charge in [-0.1, -0.05) is 29.8 Å². The van der Waals surface area contributed by atoms with E-state index in [1.54, 1.807) is 12.1 Å². The zero-order valence-electron chi connectivity index (χ0n) is 17.7. The van der Waals surface area contributed by atoms with Gasteiger partial charge in [0, 0.05) is 17.0 Å². The summed E-state index contributed by atoms with van der Waals surface area (Å²) in [4.78, 5) is 24.4. The molecule has 0 bridgehead atoms. The quantitative estimate of drug-likeness (QED) is 0.356. The molecular weight excluding hydrogens is 416 g/mol. The Kier molecular flexibility index (Phi) is 6.77. The SMILES string of the molecule is COc1ccc(C)cc1NC(=O)C(=O)N/N=C\c1cc(C)n(-c2ccccc2Cl)c1C. The average Bonchev–Trinajstić information content (AvgIpc) is 3.01. The predicted octanol–water partition coefficient (Wildman–Crippen LogP) is 4.15. The van der Waals surface area contributed by atoms with E-state index in [0.717, 1.165) is 28.2 Å². The number of hydrazone groups is 1. The van der Waals surface area contributed by atoms with Crippen molar-refractivity contribution in [2.24, 2.45) is 5.10 Å². The number of carbonyl (C=O) groups excluding carboxylic acids is 2. The van der Waals surface area contributed by atoms with Gasteiger partial charge in [-0.2, -0.15) is 5.10 Å². The third-order valence-electron chi connectivity index (χ3n) is 4.74. The van der Waals surface area contributed by atoms with Gasteiger partial charge in [0.05, 0.1) is 29.7 Å². The molecule has 0 saturated carbocycles. The Balaban J connectivity index is 1.70. The number of methoxy groups -OCH3 is 1. The average molecular weight is 439 g/mol. The first-order valence-corrected chi connectivity index (χ1v) is 9.92. The Hall–Kier alpha value is -3.58. The molecule has 2 amide bonds. The number of carbonyl (C=O) groups is 2. The first-order valence-electron chi connectivity index (χ1n) is 9.54. The molecule has 0 aliphatic carbocycles. The summed E-state index contributed by atoms with van der Waals surface area (Å²) >= 11 is 6.33. The Morgan fingerprint density at radius 3 is 2.52 bits per heavy atom. The van der Waals surface area contributed by atoms with Gasteiger partial charge in [0.1, 0.15) is 5.75 Å². The van der Waals surface area contributed by atoms with E-state index in [2.05, 4.69) is 15.8 Å². The number of nitrogens with one attached hydrogen (secondary N) is 2. The largest absolute Gasteiger partial charge is 0.495 e. The van der Waals surface area contributed by atoms with Gasteiger partial charge in [-0.05, 0) is 56.7 Å². The minimum absolute atomic E-state index is 0.412. The highest BCUT2D eigenvalue weighted by atomic mass is 35.5. The molecule has 0 spiro atoms. The van der Waals surface area contributed by atoms with Crippen molar-refractivity contribution in [3.8, 4) is 11.4 Å². The summed E-state index contributed by atoms with van der Waals surface area (Å²) in [5.41, 5.74) is 7.09. The molecule has 0 aliphatic rings. The molecule has 2 N–H and O–H groups in total. The van der Waals surface area contributed by atoms with Crippen LogP contribution in [0.4, 0.5) is 5.69 Å². The van der Waals surface area contributed by atoms with Crippen LogP contribution in [0.5, 0.6) is 5.75 Å². The highest BCUT2D eigenvalue weighted by Crippen LogP contribution is 2.26. The highest BCUT2D eigenvalue weighted by Gasteiger charge is 2.16. The van der Waals surface area contributed by atoms with Crippen LogP contribution in [0.2, 0.25) is 5.02 Å². The molecule has 0 saturated heterocycles. The van der Waals surface area contributed by atoms with Crippen LogP contribution in [0.25, 0.3) is 5.69 Å². The molecule has 8 heteroatoms. The number of anilines is 1. The van der Waals surface area contributed by atoms with E-state index in [0.29, 0.717) is 16.5 Å². The molecule has 0 radical (unpaired) electrons. The van der Waals surface area contributed by atoms with E-state index in [4.69, 9.17) is 16.3 Å². The number of hydrogen-bond acceptors (Lipinski definition) is 4. The number of para-hydroxylation sites is 1. The Bertz CT molecular complexity index is 1170. The summed E-state index contributed by atoms with van der Waals surface area (Å²) in [7, 11) is 1.49. The maximum absolute atomic E-state index is 12.2. The number of benzene rings is 2. The van der Waals surface area contributed by atoms with E-state index in [1.807, 2.05) is 61.7 Å². The molecule has 31 heavy (non-hydrogen) atoms. The van der Waals surface area contributed by atoms with Crippen molar-refractivity contribution in [1.82, 2.24) is 9.99 Å². The number of aromatic nitrogens is 1. The molecule has 0 fully saturated rings. The van der Waals surface area contributed by atoms with E-state index in [-0.39, 0.29) is 0 Å². The lowest BCUT2D eigenvalue weighted by atomic mass is 10.2. The lowest BCUT2D eigenvalue weighted by molar-refractivity contribution is -0.136. The smallest absolute Gasteiger partial charge is 0.329 e. The van der Waals surface area contributed by atoms with Gasteiger partial charge in [-0.25, -0.2) is 5.43 Å². The van der Waals surface area contributed by atoms with Crippen LogP contribution < -0.4 is 15.5 Å². The molecule has 0 unspecified atom stereocenters. The standard InChI is InChI=1S/C23H23ClN4O3/c1-14-9-10-21(31-4)19(11-14)26-22(29)23(30)27-25-13-17-12-15(2)28(16(17)3)20-8-6-5-7-18(20)24/h5-13H,1-4H3,(H,26,29)(H,27,30)/b25-13-. The first-order chi connectivity index (χ1) is 14.8. The van der Waals surface area contributed by atoms with Gasteiger partial charge in [0.2, 0.25) is 0 Å². The molecule has 3 aromatic rings. The number of hydrogen-bond donors (Lipinski definition) is 2. The van der Waals surface area contributed by atoms with Crippen molar-refractivity contribution < 1.29 is 14.3 Å². The molecule has 1 aromatic heterocycles. The maximum atomic E-state index is 12.2. The second-order valence-electron chi connectivity index (χ2n) is 6.97. The van der Waals surface area contributed by atoms with E-state index < -0.39 is 11.8 Å². The van der Waals surface area contributed by atoms with E-state index >= 15 is 0 Å². The monoisotopic (exact) mass is 438 g/mol. The summed E-state index contributed by atoms with van der Waals surface area (Å²) in [5.74, 6) is -1.27. The minimum Gasteiger partial charge on any atom is -0.495 e. The van der Waals surface area contributed by atoms with Crippen molar-refractivity contribution >= 4 is 35.3 Å². The van der Waals surface area contributed by atoms with Gasteiger partial charge in [-0.15, -0.1) is 0 Å². The third-order valence-corrected chi connectivity index (χ3v) is 5.06. The van der Waals surface area contributed by atoms with Crippen molar-refractivity contribution in [1.29, 1.82) is 0 Å². The zero-order valence-corrected chi connectivity index (χ0v) is 18.4. The molecule has 160 valence electrons. The van der Waals surface area contributed by atoms with Gasteiger partial charge in [0.25, 0.3) is 0 Å². The van der Waals surface area contributed by atoms with Crippen molar-refractivity contribution in [3.63, 3.8) is 0 Å². The Morgan fingerprint density at radius 2 is 1.81 bits per heavy atom. The fourth-order valence-electron chi connectivity index (χ4n) is 3.23. The lowest BCUT2D eigenvalue weighted by Gasteiger charge is -2.11. The predicted molar refractivity (Wildman–Crippen MR) is 122 cm³/mol. The van der Waals surface area contributed by atoms with Crippen molar-refractivity contribution in [2.75, 3.05) is 12.4 Å². The Morgan fingerprint density at radius 1 is 1.06 bits per heavy atom. The van der Waals surface area contributed by atoms with Crippen LogP contribution in [0.3, 0.4) is 0 Å². The first kappa shape index (κ1) is 22.1. The molecule has 7 nitrogen and oxygen atoms in total. The van der Waals surface area contributed by atoms with Crippen LogP contribution in [-0.4, -0.2) is 29.7 Å². The van der Waals surface area contributed by atoms with Crippen LogP contribution in [0, 0.1) is 20.8 Å². The molecule has 0 atom stereocenters. The fourth-order valence-corrected chi connectivity index (χ4v) is 3.45. The molecule has 0 aliphatic heterocycles. The zero-order chi connectivity index (χ0) is 22.5. The molecule has 1 heterocycles. The van der Waals surface area contributed by atoms with Gasteiger partial charge in [-0.3, -0.25) is 9.59 Å². The molecule has 3 rings (SSSR count). The second-order valence-corrected chi connectivity index (χ2v) is 7.38. The van der Waals surface area contributed by atoms with Crippen LogP contribution in [0.1, 0.15) is 22.5 Å². The lowest BCUT2D eigenvalue weighted by Crippen LogP contribution is -2.32.